The summed E-state index contributed by atoms with van der Waals surface area (Å²) in [6.45, 7) is 0.409. The minimum absolute atomic E-state index is 0.00541. The third-order valence-corrected chi connectivity index (χ3v) is 5.07. The van der Waals surface area contributed by atoms with Crippen molar-refractivity contribution in [2.24, 2.45) is 5.10 Å². The molecule has 0 aromatic heterocycles. The zero-order valence-electron chi connectivity index (χ0n) is 17.1. The Morgan fingerprint density at radius 1 is 0.969 bits per heavy atom. The van der Waals surface area contributed by atoms with Gasteiger partial charge in [0.05, 0.1) is 6.21 Å². The van der Waals surface area contributed by atoms with E-state index in [-0.39, 0.29) is 24.7 Å². The second kappa shape index (κ2) is 12.0. The first-order valence-corrected chi connectivity index (χ1v) is 11.0. The Labute approximate surface area is 199 Å². The van der Waals surface area contributed by atoms with E-state index in [4.69, 9.17) is 16.3 Å². The van der Waals surface area contributed by atoms with Gasteiger partial charge in [-0.3, -0.25) is 9.59 Å². The lowest BCUT2D eigenvalue weighted by Crippen LogP contribution is -2.20. The van der Waals surface area contributed by atoms with Gasteiger partial charge in [-0.2, -0.15) is 5.10 Å². The van der Waals surface area contributed by atoms with Gasteiger partial charge < -0.3 is 10.1 Å². The van der Waals surface area contributed by atoms with Gasteiger partial charge >= 0.3 is 0 Å². The number of carbonyl (C=O) groups is 2. The van der Waals surface area contributed by atoms with E-state index >= 15 is 0 Å². The van der Waals surface area contributed by atoms with E-state index in [1.165, 1.54) is 6.21 Å². The monoisotopic (exact) mass is 513 g/mol. The molecule has 32 heavy (non-hydrogen) atoms. The Morgan fingerprint density at radius 3 is 2.50 bits per heavy atom. The minimum Gasteiger partial charge on any atom is -0.488 e. The molecular formula is C24H21BrClN3O3. The van der Waals surface area contributed by atoms with Gasteiger partial charge in [0, 0.05) is 33.6 Å². The fraction of sp³-hybridized carbons (Fsp3) is 0.125. The Kier molecular flexibility index (Phi) is 8.83. The average molecular weight is 515 g/mol. The SMILES string of the molecule is O=C(CCC(=O)Nc1cccc(Cl)c1)N/N=C/c1ccccc1OCc1ccc(Br)cc1. The number of carbonyl (C=O) groups excluding carboxylic acids is 2. The van der Waals surface area contributed by atoms with Crippen molar-refractivity contribution in [1.82, 2.24) is 5.43 Å². The number of benzene rings is 3. The average Bonchev–Trinajstić information content (AvgIpc) is 2.78. The maximum Gasteiger partial charge on any atom is 0.240 e. The van der Waals surface area contributed by atoms with E-state index in [1.54, 1.807) is 24.3 Å². The molecule has 0 bridgehead atoms. The molecule has 3 aromatic carbocycles. The lowest BCUT2D eigenvalue weighted by Gasteiger charge is -2.09. The molecule has 0 heterocycles. The fourth-order valence-electron chi connectivity index (χ4n) is 2.71. The normalized spacial score (nSPS) is 10.7. The lowest BCUT2D eigenvalue weighted by molar-refractivity contribution is -0.124. The quantitative estimate of drug-likeness (QED) is 0.290. The molecule has 0 aliphatic heterocycles. The first-order chi connectivity index (χ1) is 15.5. The van der Waals surface area contributed by atoms with Crippen LogP contribution < -0.4 is 15.5 Å². The number of ether oxygens (including phenoxy) is 1. The molecule has 0 saturated carbocycles. The molecule has 6 nitrogen and oxygen atoms in total. The zero-order chi connectivity index (χ0) is 22.8. The number of amides is 2. The second-order valence-electron chi connectivity index (χ2n) is 6.80. The van der Waals surface area contributed by atoms with Gasteiger partial charge in [-0.15, -0.1) is 0 Å². The molecule has 0 aliphatic carbocycles. The molecule has 3 rings (SSSR count). The number of hydrazone groups is 1. The largest absolute Gasteiger partial charge is 0.488 e. The molecule has 3 aromatic rings. The summed E-state index contributed by atoms with van der Waals surface area (Å²) in [7, 11) is 0. The summed E-state index contributed by atoms with van der Waals surface area (Å²) >= 11 is 9.30. The topological polar surface area (TPSA) is 79.8 Å². The summed E-state index contributed by atoms with van der Waals surface area (Å²) in [5, 5.41) is 7.20. The smallest absolute Gasteiger partial charge is 0.240 e. The van der Waals surface area contributed by atoms with E-state index in [2.05, 4.69) is 31.8 Å². The Bertz CT molecular complexity index is 1100. The number of rotatable bonds is 9. The summed E-state index contributed by atoms with van der Waals surface area (Å²) < 4.78 is 6.89. The Balaban J connectivity index is 1.46. The summed E-state index contributed by atoms with van der Waals surface area (Å²) in [4.78, 5) is 24.0. The highest BCUT2D eigenvalue weighted by atomic mass is 79.9. The van der Waals surface area contributed by atoms with Gasteiger partial charge in [-0.1, -0.05) is 57.9 Å². The van der Waals surface area contributed by atoms with Gasteiger partial charge in [0.2, 0.25) is 11.8 Å². The van der Waals surface area contributed by atoms with Crippen LogP contribution in [0.3, 0.4) is 0 Å². The number of hydrogen-bond donors (Lipinski definition) is 2. The molecule has 2 N–H and O–H groups in total. The maximum atomic E-state index is 12.0. The molecule has 0 saturated heterocycles. The molecule has 0 radical (unpaired) electrons. The molecule has 164 valence electrons. The number of halogens is 2. The summed E-state index contributed by atoms with van der Waals surface area (Å²) in [6.07, 6.45) is 1.55. The summed E-state index contributed by atoms with van der Waals surface area (Å²) in [5.74, 6) is 0.00292. The van der Waals surface area contributed by atoms with Crippen molar-refractivity contribution in [1.29, 1.82) is 0 Å². The second-order valence-corrected chi connectivity index (χ2v) is 8.16. The van der Waals surface area contributed by atoms with Gasteiger partial charge in [-0.25, -0.2) is 5.43 Å². The molecule has 2 amide bonds. The number of nitrogens with zero attached hydrogens (tertiary/aromatic N) is 1. The lowest BCUT2D eigenvalue weighted by atomic mass is 10.2. The van der Waals surface area contributed by atoms with Crippen molar-refractivity contribution in [3.8, 4) is 5.75 Å². The van der Waals surface area contributed by atoms with Gasteiger partial charge in [0.15, 0.2) is 0 Å². The van der Waals surface area contributed by atoms with Crippen LogP contribution in [0.15, 0.2) is 82.4 Å². The molecule has 0 spiro atoms. The molecule has 0 unspecified atom stereocenters. The van der Waals surface area contributed by atoms with E-state index in [0.29, 0.717) is 23.1 Å². The maximum absolute atomic E-state index is 12.0. The number of para-hydroxylation sites is 1. The van der Waals surface area contributed by atoms with Crippen molar-refractivity contribution in [2.75, 3.05) is 5.32 Å². The van der Waals surface area contributed by atoms with Crippen LogP contribution in [0.1, 0.15) is 24.0 Å². The molecule has 0 fully saturated rings. The van der Waals surface area contributed by atoms with Crippen LogP contribution in [0.25, 0.3) is 0 Å². The zero-order valence-corrected chi connectivity index (χ0v) is 19.4. The highest BCUT2D eigenvalue weighted by Crippen LogP contribution is 2.19. The molecular weight excluding hydrogens is 494 g/mol. The third-order valence-electron chi connectivity index (χ3n) is 4.31. The van der Waals surface area contributed by atoms with Crippen LogP contribution in [0, 0.1) is 0 Å². The van der Waals surface area contributed by atoms with Crippen LogP contribution in [0.5, 0.6) is 5.75 Å². The molecule has 0 atom stereocenters. The van der Waals surface area contributed by atoms with Crippen molar-refractivity contribution >= 4 is 51.2 Å². The first-order valence-electron chi connectivity index (χ1n) is 9.83. The van der Waals surface area contributed by atoms with Crippen LogP contribution >= 0.6 is 27.5 Å². The minimum atomic E-state index is -0.365. The van der Waals surface area contributed by atoms with Gasteiger partial charge in [0.1, 0.15) is 12.4 Å². The Hall–Kier alpha value is -3.16. The predicted molar refractivity (Wildman–Crippen MR) is 130 cm³/mol. The van der Waals surface area contributed by atoms with Crippen LogP contribution in [0.4, 0.5) is 5.69 Å². The predicted octanol–water partition coefficient (Wildman–Crippen LogP) is 5.55. The number of hydrogen-bond acceptors (Lipinski definition) is 4. The van der Waals surface area contributed by atoms with Crippen molar-refractivity contribution in [3.63, 3.8) is 0 Å². The van der Waals surface area contributed by atoms with Crippen molar-refractivity contribution < 1.29 is 14.3 Å². The highest BCUT2D eigenvalue weighted by Gasteiger charge is 2.07. The summed E-state index contributed by atoms with van der Waals surface area (Å²) in [6, 6.07) is 22.1. The van der Waals surface area contributed by atoms with Gasteiger partial charge in [-0.05, 0) is 48.0 Å². The van der Waals surface area contributed by atoms with Crippen LogP contribution in [0.2, 0.25) is 5.02 Å². The standard InChI is InChI=1S/C24H21BrClN3O3/c25-19-10-8-17(9-11-19)16-32-22-7-2-1-4-18(22)15-27-29-24(31)13-12-23(30)28-21-6-3-5-20(26)14-21/h1-11,14-15H,12-13,16H2,(H,28,30)(H,29,31)/b27-15+. The van der Waals surface area contributed by atoms with E-state index < -0.39 is 0 Å². The van der Waals surface area contributed by atoms with Crippen LogP contribution in [-0.4, -0.2) is 18.0 Å². The number of anilines is 1. The molecule has 0 aliphatic rings. The van der Waals surface area contributed by atoms with E-state index in [1.807, 2.05) is 48.5 Å². The summed E-state index contributed by atoms with van der Waals surface area (Å²) in [5.41, 5.74) is 4.78. The van der Waals surface area contributed by atoms with E-state index in [9.17, 15) is 9.59 Å². The van der Waals surface area contributed by atoms with Crippen molar-refractivity contribution in [3.05, 3.63) is 93.4 Å². The molecule has 8 heteroatoms. The third kappa shape index (κ3) is 7.83. The van der Waals surface area contributed by atoms with E-state index in [0.717, 1.165) is 15.6 Å². The fourth-order valence-corrected chi connectivity index (χ4v) is 3.16. The Morgan fingerprint density at radius 2 is 1.72 bits per heavy atom. The van der Waals surface area contributed by atoms with Gasteiger partial charge in [0.25, 0.3) is 0 Å². The van der Waals surface area contributed by atoms with Crippen molar-refractivity contribution in [2.45, 2.75) is 19.4 Å². The highest BCUT2D eigenvalue weighted by molar-refractivity contribution is 9.10. The van der Waals surface area contributed by atoms with Crippen LogP contribution in [-0.2, 0) is 16.2 Å². The first kappa shape index (κ1) is 23.5. The number of nitrogens with one attached hydrogen (secondary N) is 2.